The van der Waals surface area contributed by atoms with Crippen LogP contribution < -0.4 is 5.32 Å². The smallest absolute Gasteiger partial charge is 0.348 e. The van der Waals surface area contributed by atoms with Crippen molar-refractivity contribution in [3.05, 3.63) is 38.5 Å². The second-order valence-corrected chi connectivity index (χ2v) is 4.60. The zero-order valence-electron chi connectivity index (χ0n) is 11.2. The minimum absolute atomic E-state index is 0.0950. The van der Waals surface area contributed by atoms with Crippen molar-refractivity contribution in [2.45, 2.75) is 20.4 Å². The lowest BCUT2D eigenvalue weighted by atomic mass is 10.2. The molecule has 0 radical (unpaired) electrons. The number of hydrogen-bond donors (Lipinski definition) is 1. The van der Waals surface area contributed by atoms with Gasteiger partial charge in [-0.3, -0.25) is 14.8 Å². The summed E-state index contributed by atoms with van der Waals surface area (Å²) in [5, 5.41) is 18.0. The molecule has 0 bridgehead atoms. The molecule has 9 heteroatoms. The van der Waals surface area contributed by atoms with Crippen molar-refractivity contribution in [1.82, 2.24) is 19.7 Å². The quantitative estimate of drug-likeness (QED) is 0.526. The highest BCUT2D eigenvalue weighted by molar-refractivity contribution is 6.31. The van der Waals surface area contributed by atoms with Crippen LogP contribution in [0.5, 0.6) is 0 Å². The van der Waals surface area contributed by atoms with Crippen molar-refractivity contribution in [3.8, 4) is 0 Å². The zero-order valence-corrected chi connectivity index (χ0v) is 12.0. The Labute approximate surface area is 120 Å². The third-order valence-corrected chi connectivity index (χ3v) is 3.33. The maximum atomic E-state index is 11.0. The Hall–Kier alpha value is -2.22. The first-order chi connectivity index (χ1) is 9.41. The maximum absolute atomic E-state index is 11.0. The minimum atomic E-state index is -0.604. The van der Waals surface area contributed by atoms with Gasteiger partial charge in [-0.1, -0.05) is 11.6 Å². The van der Waals surface area contributed by atoms with Crippen molar-refractivity contribution in [2.75, 3.05) is 5.32 Å². The van der Waals surface area contributed by atoms with Crippen LogP contribution in [0.25, 0.3) is 0 Å². The molecule has 2 aromatic heterocycles. The van der Waals surface area contributed by atoms with Gasteiger partial charge >= 0.3 is 5.69 Å². The molecule has 0 saturated carbocycles. The molecule has 2 rings (SSSR count). The third-order valence-electron chi connectivity index (χ3n) is 3.05. The highest BCUT2D eigenvalue weighted by atomic mass is 35.5. The molecule has 20 heavy (non-hydrogen) atoms. The monoisotopic (exact) mass is 296 g/mol. The number of rotatable bonds is 4. The lowest BCUT2D eigenvalue weighted by Gasteiger charge is -2.07. The predicted molar refractivity (Wildman–Crippen MR) is 73.7 cm³/mol. The Balaban J connectivity index is 2.28. The average molecular weight is 297 g/mol. The largest absolute Gasteiger partial charge is 0.360 e. The molecule has 0 aromatic carbocycles. The van der Waals surface area contributed by atoms with Gasteiger partial charge in [0, 0.05) is 24.8 Å². The SMILES string of the molecule is Cc1nn(C)c(C)c1CNc1ncnc(Cl)c1[N+](=O)[O-]. The summed E-state index contributed by atoms with van der Waals surface area (Å²) in [7, 11) is 1.84. The van der Waals surface area contributed by atoms with Crippen molar-refractivity contribution in [1.29, 1.82) is 0 Å². The molecule has 0 spiro atoms. The van der Waals surface area contributed by atoms with Crippen molar-refractivity contribution >= 4 is 23.1 Å². The van der Waals surface area contributed by atoms with Gasteiger partial charge in [0.15, 0.2) is 0 Å². The topological polar surface area (TPSA) is 98.8 Å². The molecule has 0 aliphatic carbocycles. The Bertz CT molecular complexity index is 669. The van der Waals surface area contributed by atoms with Crippen LogP contribution in [0.2, 0.25) is 5.15 Å². The van der Waals surface area contributed by atoms with E-state index in [4.69, 9.17) is 11.6 Å². The molecule has 0 saturated heterocycles. The Morgan fingerprint density at radius 2 is 2.15 bits per heavy atom. The summed E-state index contributed by atoms with van der Waals surface area (Å²) in [6.45, 7) is 4.18. The number of nitro groups is 1. The van der Waals surface area contributed by atoms with Crippen LogP contribution in [0.4, 0.5) is 11.5 Å². The van der Waals surface area contributed by atoms with Crippen LogP contribution in [0.15, 0.2) is 6.33 Å². The van der Waals surface area contributed by atoms with E-state index in [1.165, 1.54) is 6.33 Å². The average Bonchev–Trinajstić information content (AvgIpc) is 2.61. The summed E-state index contributed by atoms with van der Waals surface area (Å²) in [5.74, 6) is 0.0950. The highest BCUT2D eigenvalue weighted by Gasteiger charge is 2.21. The number of nitrogens with one attached hydrogen (secondary N) is 1. The first-order valence-corrected chi connectivity index (χ1v) is 6.17. The van der Waals surface area contributed by atoms with Crippen LogP contribution in [0, 0.1) is 24.0 Å². The summed E-state index contributed by atoms with van der Waals surface area (Å²) in [6.07, 6.45) is 1.18. The van der Waals surface area contributed by atoms with Gasteiger partial charge in [-0.2, -0.15) is 5.10 Å². The van der Waals surface area contributed by atoms with E-state index < -0.39 is 4.92 Å². The van der Waals surface area contributed by atoms with E-state index in [2.05, 4.69) is 20.4 Å². The van der Waals surface area contributed by atoms with Crippen LogP contribution in [0.3, 0.4) is 0 Å². The molecule has 0 amide bonds. The van der Waals surface area contributed by atoms with Gasteiger partial charge in [0.1, 0.15) is 6.33 Å². The van der Waals surface area contributed by atoms with Crippen molar-refractivity contribution in [3.63, 3.8) is 0 Å². The number of aromatic nitrogens is 4. The first kappa shape index (κ1) is 14.2. The van der Waals surface area contributed by atoms with Gasteiger partial charge in [0.2, 0.25) is 11.0 Å². The van der Waals surface area contributed by atoms with E-state index in [1.54, 1.807) is 4.68 Å². The summed E-state index contributed by atoms with van der Waals surface area (Å²) >= 11 is 5.72. The van der Waals surface area contributed by atoms with E-state index in [9.17, 15) is 10.1 Å². The maximum Gasteiger partial charge on any atom is 0.348 e. The van der Waals surface area contributed by atoms with Crippen LogP contribution in [-0.2, 0) is 13.6 Å². The van der Waals surface area contributed by atoms with Gasteiger partial charge in [-0.15, -0.1) is 0 Å². The standard InChI is InChI=1S/C11H13ClN6O2/c1-6-8(7(2)17(3)16-6)4-13-11-9(18(19)20)10(12)14-5-15-11/h5H,4H2,1-3H3,(H,13,14,15). The lowest BCUT2D eigenvalue weighted by molar-refractivity contribution is -0.384. The Morgan fingerprint density at radius 1 is 1.45 bits per heavy atom. The van der Waals surface area contributed by atoms with Gasteiger partial charge < -0.3 is 5.32 Å². The van der Waals surface area contributed by atoms with Crippen LogP contribution in [-0.4, -0.2) is 24.7 Å². The molecule has 2 aromatic rings. The fraction of sp³-hybridized carbons (Fsp3) is 0.364. The molecule has 2 heterocycles. The summed E-state index contributed by atoms with van der Waals surface area (Å²) < 4.78 is 1.76. The molecule has 0 atom stereocenters. The summed E-state index contributed by atoms with van der Waals surface area (Å²) in [6, 6.07) is 0. The molecule has 0 unspecified atom stereocenters. The van der Waals surface area contributed by atoms with E-state index in [1.807, 2.05) is 20.9 Å². The minimum Gasteiger partial charge on any atom is -0.360 e. The lowest BCUT2D eigenvalue weighted by Crippen LogP contribution is -2.07. The zero-order chi connectivity index (χ0) is 14.9. The second kappa shape index (κ2) is 5.41. The first-order valence-electron chi connectivity index (χ1n) is 5.79. The Kier molecular flexibility index (Phi) is 3.84. The van der Waals surface area contributed by atoms with Crippen molar-refractivity contribution in [2.24, 2.45) is 7.05 Å². The molecular formula is C11H13ClN6O2. The number of halogens is 1. The van der Waals surface area contributed by atoms with E-state index in [-0.39, 0.29) is 16.7 Å². The Morgan fingerprint density at radius 3 is 2.70 bits per heavy atom. The van der Waals surface area contributed by atoms with Gasteiger partial charge in [-0.25, -0.2) is 9.97 Å². The van der Waals surface area contributed by atoms with E-state index in [0.717, 1.165) is 17.0 Å². The summed E-state index contributed by atoms with van der Waals surface area (Å²) in [5.41, 5.74) is 2.49. The molecule has 106 valence electrons. The molecule has 8 nitrogen and oxygen atoms in total. The fourth-order valence-electron chi connectivity index (χ4n) is 1.89. The normalized spacial score (nSPS) is 10.6. The number of nitrogens with zero attached hydrogens (tertiary/aromatic N) is 5. The third kappa shape index (κ3) is 2.55. The molecule has 0 aliphatic rings. The van der Waals surface area contributed by atoms with Crippen LogP contribution >= 0.6 is 11.6 Å². The molecule has 0 fully saturated rings. The van der Waals surface area contributed by atoms with Crippen LogP contribution in [0.1, 0.15) is 17.0 Å². The van der Waals surface area contributed by atoms with E-state index in [0.29, 0.717) is 6.54 Å². The number of anilines is 1. The van der Waals surface area contributed by atoms with E-state index >= 15 is 0 Å². The predicted octanol–water partition coefficient (Wildman–Crippen LogP) is 2.00. The van der Waals surface area contributed by atoms with Gasteiger partial charge in [-0.05, 0) is 13.8 Å². The fourth-order valence-corrected chi connectivity index (χ4v) is 2.10. The highest BCUT2D eigenvalue weighted by Crippen LogP contribution is 2.28. The summed E-state index contributed by atoms with van der Waals surface area (Å²) in [4.78, 5) is 17.9. The second-order valence-electron chi connectivity index (χ2n) is 4.25. The molecule has 0 aliphatic heterocycles. The molecule has 1 N–H and O–H groups in total. The van der Waals surface area contributed by atoms with Gasteiger partial charge in [0.25, 0.3) is 0 Å². The van der Waals surface area contributed by atoms with Gasteiger partial charge in [0.05, 0.1) is 10.6 Å². The molecular weight excluding hydrogens is 284 g/mol. The number of aryl methyl sites for hydroxylation is 2. The van der Waals surface area contributed by atoms with Crippen molar-refractivity contribution < 1.29 is 4.92 Å². The number of hydrogen-bond acceptors (Lipinski definition) is 6.